The van der Waals surface area contributed by atoms with Gasteiger partial charge in [-0.3, -0.25) is 4.90 Å². The van der Waals surface area contributed by atoms with Crippen LogP contribution in [0.5, 0.6) is 0 Å². The van der Waals surface area contributed by atoms with Crippen molar-refractivity contribution in [2.75, 3.05) is 33.4 Å². The Kier molecular flexibility index (Phi) is 9.76. The van der Waals surface area contributed by atoms with Crippen LogP contribution in [0.15, 0.2) is 29.2 Å². The first-order chi connectivity index (χ1) is 13.0. The van der Waals surface area contributed by atoms with Gasteiger partial charge < -0.3 is 10.5 Å². The topological polar surface area (TPSA) is 72.6 Å². The molecule has 0 aromatic heterocycles. The zero-order chi connectivity index (χ0) is 19.5. The second-order valence-corrected chi connectivity index (χ2v) is 9.88. The summed E-state index contributed by atoms with van der Waals surface area (Å²) in [4.78, 5) is 2.66. The number of unbranched alkanes of at least 4 members (excludes halogenated alkanes) is 3. The van der Waals surface area contributed by atoms with Crippen molar-refractivity contribution >= 4 is 9.84 Å². The Bertz CT molecular complexity index is 643. The number of nitrogens with two attached hydrogens (primary N) is 1. The van der Waals surface area contributed by atoms with Crippen molar-refractivity contribution in [3.63, 3.8) is 0 Å². The van der Waals surface area contributed by atoms with E-state index in [9.17, 15) is 8.42 Å². The van der Waals surface area contributed by atoms with Crippen LogP contribution >= 0.6 is 0 Å². The van der Waals surface area contributed by atoms with Crippen LogP contribution in [0.1, 0.15) is 56.9 Å². The molecule has 2 N–H and O–H groups in total. The molecule has 0 unspecified atom stereocenters. The van der Waals surface area contributed by atoms with Gasteiger partial charge in [-0.25, -0.2) is 8.42 Å². The van der Waals surface area contributed by atoms with E-state index in [1.165, 1.54) is 12.8 Å². The van der Waals surface area contributed by atoms with Crippen molar-refractivity contribution in [2.45, 2.75) is 68.1 Å². The number of hydrogen-bond acceptors (Lipinski definition) is 5. The Morgan fingerprint density at radius 2 is 1.85 bits per heavy atom. The lowest BCUT2D eigenvalue weighted by atomic mass is 10.2. The molecule has 0 bridgehead atoms. The number of rotatable bonds is 13. The van der Waals surface area contributed by atoms with Crippen molar-refractivity contribution in [1.29, 1.82) is 0 Å². The van der Waals surface area contributed by atoms with Gasteiger partial charge >= 0.3 is 0 Å². The summed E-state index contributed by atoms with van der Waals surface area (Å²) in [5.41, 5.74) is 6.52. The molecule has 0 saturated heterocycles. The van der Waals surface area contributed by atoms with Crippen LogP contribution < -0.4 is 5.73 Å². The van der Waals surface area contributed by atoms with E-state index in [0.29, 0.717) is 11.5 Å². The first kappa shape index (κ1) is 22.3. The van der Waals surface area contributed by atoms with Gasteiger partial charge in [0.2, 0.25) is 0 Å². The Morgan fingerprint density at radius 3 is 2.59 bits per heavy atom. The first-order valence-electron chi connectivity index (χ1n) is 10.3. The summed E-state index contributed by atoms with van der Waals surface area (Å²) >= 11 is 0. The second-order valence-electron chi connectivity index (χ2n) is 7.65. The molecule has 27 heavy (non-hydrogen) atoms. The van der Waals surface area contributed by atoms with Gasteiger partial charge in [-0.2, -0.15) is 0 Å². The molecule has 1 aromatic rings. The van der Waals surface area contributed by atoms with Crippen LogP contribution in [0, 0.1) is 0 Å². The van der Waals surface area contributed by atoms with Gasteiger partial charge in [0.25, 0.3) is 0 Å². The summed E-state index contributed by atoms with van der Waals surface area (Å²) in [6, 6.07) is 7.46. The fourth-order valence-electron chi connectivity index (χ4n) is 3.63. The fraction of sp³-hybridized carbons (Fsp3) is 0.714. The predicted molar refractivity (Wildman–Crippen MR) is 111 cm³/mol. The van der Waals surface area contributed by atoms with Crippen molar-refractivity contribution < 1.29 is 13.2 Å². The van der Waals surface area contributed by atoms with Crippen molar-refractivity contribution in [3.8, 4) is 0 Å². The minimum Gasteiger partial charge on any atom is -0.380 e. The quantitative estimate of drug-likeness (QED) is 0.518. The van der Waals surface area contributed by atoms with Gasteiger partial charge in [0.1, 0.15) is 0 Å². The molecule has 0 aliphatic heterocycles. The Morgan fingerprint density at radius 1 is 1.11 bits per heavy atom. The molecule has 6 heteroatoms. The minimum atomic E-state index is -3.18. The van der Waals surface area contributed by atoms with Gasteiger partial charge in [-0.15, -0.1) is 0 Å². The van der Waals surface area contributed by atoms with E-state index >= 15 is 0 Å². The van der Waals surface area contributed by atoms with Gasteiger partial charge in [0.15, 0.2) is 9.84 Å². The lowest BCUT2D eigenvalue weighted by Gasteiger charge is -2.18. The lowest BCUT2D eigenvalue weighted by Crippen LogP contribution is -2.23. The highest BCUT2D eigenvalue weighted by atomic mass is 32.2. The number of sulfone groups is 1. The minimum absolute atomic E-state index is 0.191. The second kappa shape index (κ2) is 11.8. The predicted octanol–water partition coefficient (Wildman–Crippen LogP) is 3.37. The first-order valence-corrected chi connectivity index (χ1v) is 11.9. The molecule has 5 nitrogen and oxygen atoms in total. The fourth-order valence-corrected chi connectivity index (χ4v) is 5.55. The maximum Gasteiger partial charge on any atom is 0.181 e. The molecule has 1 aliphatic carbocycles. The SMILES string of the molecule is CN(CCOCCCCCCN)Cc1cccc(S(=O)(=O)C2CCCC2)c1. The van der Waals surface area contributed by atoms with Crippen LogP contribution in [0.25, 0.3) is 0 Å². The smallest absolute Gasteiger partial charge is 0.181 e. The van der Waals surface area contributed by atoms with Crippen molar-refractivity contribution in [1.82, 2.24) is 4.90 Å². The molecule has 1 saturated carbocycles. The zero-order valence-electron chi connectivity index (χ0n) is 16.7. The summed E-state index contributed by atoms with van der Waals surface area (Å²) in [5.74, 6) is 0. The van der Waals surface area contributed by atoms with Gasteiger partial charge in [-0.05, 0) is 57.0 Å². The largest absolute Gasteiger partial charge is 0.380 e. The molecule has 1 aromatic carbocycles. The third-order valence-electron chi connectivity index (χ3n) is 5.28. The average molecular weight is 397 g/mol. The lowest BCUT2D eigenvalue weighted by molar-refractivity contribution is 0.106. The van der Waals surface area contributed by atoms with Gasteiger partial charge in [0, 0.05) is 19.7 Å². The molecule has 0 heterocycles. The summed E-state index contributed by atoms with van der Waals surface area (Å²) in [6.07, 6.45) is 8.20. The monoisotopic (exact) mass is 396 g/mol. The van der Waals surface area contributed by atoms with E-state index in [1.807, 2.05) is 25.2 Å². The number of benzene rings is 1. The highest BCUT2D eigenvalue weighted by Crippen LogP contribution is 2.29. The molecule has 2 rings (SSSR count). The van der Waals surface area contributed by atoms with Crippen molar-refractivity contribution in [3.05, 3.63) is 29.8 Å². The van der Waals surface area contributed by atoms with Crippen molar-refractivity contribution in [2.24, 2.45) is 5.73 Å². The van der Waals surface area contributed by atoms with Gasteiger partial charge in [-0.1, -0.05) is 37.8 Å². The van der Waals surface area contributed by atoms with E-state index in [2.05, 4.69) is 4.90 Å². The molecular formula is C21H36N2O3S. The molecular weight excluding hydrogens is 360 g/mol. The molecule has 1 aliphatic rings. The molecule has 1 fully saturated rings. The number of likely N-dealkylation sites (N-methyl/N-ethyl adjacent to an activating group) is 1. The van der Waals surface area contributed by atoms with Crippen LogP contribution in [0.3, 0.4) is 0 Å². The highest BCUT2D eigenvalue weighted by Gasteiger charge is 2.30. The maximum atomic E-state index is 12.8. The maximum absolute atomic E-state index is 12.8. The van der Waals surface area contributed by atoms with Crippen LogP contribution in [0.4, 0.5) is 0 Å². The number of ether oxygens (including phenoxy) is 1. The van der Waals surface area contributed by atoms with Gasteiger partial charge in [0.05, 0.1) is 16.8 Å². The summed E-state index contributed by atoms with van der Waals surface area (Å²) in [7, 11) is -1.14. The van der Waals surface area contributed by atoms with Crippen LogP contribution in [-0.2, 0) is 21.1 Å². The molecule has 0 radical (unpaired) electrons. The van der Waals surface area contributed by atoms with Crippen LogP contribution in [0.2, 0.25) is 0 Å². The standard InChI is InChI=1S/C21H36N2O3S/c1-23(14-16-26-15-7-3-2-6-13-22)18-19-9-8-12-21(17-19)27(24,25)20-10-4-5-11-20/h8-9,12,17,20H,2-7,10-11,13-16,18,22H2,1H3. The average Bonchev–Trinajstić information content (AvgIpc) is 3.20. The number of nitrogens with zero attached hydrogens (tertiary/aromatic N) is 1. The van der Waals surface area contributed by atoms with E-state index in [-0.39, 0.29) is 5.25 Å². The molecule has 0 atom stereocenters. The Balaban J connectivity index is 1.73. The summed E-state index contributed by atoms with van der Waals surface area (Å²) in [5, 5.41) is -0.191. The summed E-state index contributed by atoms with van der Waals surface area (Å²) in [6.45, 7) is 3.84. The van der Waals surface area contributed by atoms with E-state index in [1.54, 1.807) is 6.07 Å². The van der Waals surface area contributed by atoms with E-state index in [4.69, 9.17) is 10.5 Å². The van der Waals surface area contributed by atoms with Crippen LogP contribution in [-0.4, -0.2) is 51.9 Å². The van der Waals surface area contributed by atoms with E-state index in [0.717, 1.165) is 70.3 Å². The Labute approximate surface area is 165 Å². The molecule has 0 amide bonds. The van der Waals surface area contributed by atoms with E-state index < -0.39 is 9.84 Å². The Hall–Kier alpha value is -0.950. The molecule has 154 valence electrons. The highest BCUT2D eigenvalue weighted by molar-refractivity contribution is 7.92. The summed E-state index contributed by atoms with van der Waals surface area (Å²) < 4.78 is 31.2. The molecule has 0 spiro atoms. The normalized spacial score (nSPS) is 15.7. The third-order valence-corrected chi connectivity index (χ3v) is 7.54. The number of hydrogen-bond donors (Lipinski definition) is 1. The zero-order valence-corrected chi connectivity index (χ0v) is 17.6. The third kappa shape index (κ3) is 7.53.